The van der Waals surface area contributed by atoms with Crippen LogP contribution in [0.1, 0.15) is 18.7 Å². The molecule has 0 amide bonds. The van der Waals surface area contributed by atoms with Gasteiger partial charge in [-0.1, -0.05) is 13.0 Å². The molecule has 0 aliphatic carbocycles. The lowest BCUT2D eigenvalue weighted by Crippen LogP contribution is -2.24. The van der Waals surface area contributed by atoms with Crippen molar-refractivity contribution in [2.24, 2.45) is 0 Å². The number of benzene rings is 1. The Kier molecular flexibility index (Phi) is 6.02. The van der Waals surface area contributed by atoms with Crippen molar-refractivity contribution in [3.8, 4) is 5.75 Å². The Bertz CT molecular complexity index is 580. The number of ether oxygens (including phenoxy) is 1. The van der Waals surface area contributed by atoms with Crippen LogP contribution in [0.25, 0.3) is 0 Å². The van der Waals surface area contributed by atoms with Crippen LogP contribution >= 0.6 is 11.8 Å². The third-order valence-electron chi connectivity index (χ3n) is 3.01. The van der Waals surface area contributed by atoms with E-state index in [0.717, 1.165) is 28.6 Å². The molecule has 1 aromatic heterocycles. The molecule has 1 aromatic carbocycles. The van der Waals surface area contributed by atoms with Crippen molar-refractivity contribution < 1.29 is 9.13 Å². The molecule has 2 aromatic rings. The van der Waals surface area contributed by atoms with Gasteiger partial charge in [0.05, 0.1) is 18.8 Å². The summed E-state index contributed by atoms with van der Waals surface area (Å²) in [7, 11) is 1.64. The van der Waals surface area contributed by atoms with Gasteiger partial charge in [-0.25, -0.2) is 4.39 Å². The summed E-state index contributed by atoms with van der Waals surface area (Å²) >= 11 is 1.60. The van der Waals surface area contributed by atoms with E-state index in [1.165, 1.54) is 6.07 Å². The predicted molar refractivity (Wildman–Crippen MR) is 84.3 cm³/mol. The molecule has 0 bridgehead atoms. The van der Waals surface area contributed by atoms with E-state index in [1.54, 1.807) is 37.2 Å². The normalized spacial score (nSPS) is 12.1. The van der Waals surface area contributed by atoms with Crippen LogP contribution in [0.2, 0.25) is 0 Å². The number of pyridine rings is 1. The summed E-state index contributed by atoms with van der Waals surface area (Å²) in [5, 5.41) is 3.40. The molecule has 0 saturated heterocycles. The number of thioether (sulfide) groups is 1. The van der Waals surface area contributed by atoms with Gasteiger partial charge in [0.2, 0.25) is 0 Å². The van der Waals surface area contributed by atoms with E-state index < -0.39 is 0 Å². The highest BCUT2D eigenvalue weighted by molar-refractivity contribution is 7.99. The average molecular weight is 306 g/mol. The molecule has 21 heavy (non-hydrogen) atoms. The standard InChI is InChI=1S/C16H19FN2OS/c1-3-18-14(16-15(20-2)8-5-9-19-16)11-21-13-7-4-6-12(17)10-13/h4-10,14,18H,3,11H2,1-2H3. The van der Waals surface area contributed by atoms with Crippen molar-refractivity contribution >= 4 is 11.8 Å². The van der Waals surface area contributed by atoms with E-state index in [-0.39, 0.29) is 11.9 Å². The number of aromatic nitrogens is 1. The van der Waals surface area contributed by atoms with Gasteiger partial charge in [0.1, 0.15) is 11.6 Å². The second kappa shape index (κ2) is 8.00. The minimum atomic E-state index is -0.213. The number of methoxy groups -OCH3 is 1. The predicted octanol–water partition coefficient (Wildman–Crippen LogP) is 3.67. The second-order valence-electron chi connectivity index (χ2n) is 4.47. The summed E-state index contributed by atoms with van der Waals surface area (Å²) in [4.78, 5) is 5.33. The molecule has 0 radical (unpaired) electrons. The van der Waals surface area contributed by atoms with Crippen molar-refractivity contribution in [2.45, 2.75) is 17.9 Å². The molecule has 0 spiro atoms. The summed E-state index contributed by atoms with van der Waals surface area (Å²) in [5.74, 6) is 1.31. The molecule has 1 heterocycles. The van der Waals surface area contributed by atoms with Gasteiger partial charge in [-0.05, 0) is 36.9 Å². The molecule has 3 nitrogen and oxygen atoms in total. The molecule has 0 fully saturated rings. The van der Waals surface area contributed by atoms with Crippen LogP contribution in [0.15, 0.2) is 47.5 Å². The number of hydrogen-bond donors (Lipinski definition) is 1. The summed E-state index contributed by atoms with van der Waals surface area (Å²) in [6.45, 7) is 2.88. The second-order valence-corrected chi connectivity index (χ2v) is 5.56. The van der Waals surface area contributed by atoms with E-state index in [2.05, 4.69) is 17.2 Å². The first-order valence-electron chi connectivity index (χ1n) is 6.85. The topological polar surface area (TPSA) is 34.2 Å². The first kappa shape index (κ1) is 15.8. The van der Waals surface area contributed by atoms with Crippen molar-refractivity contribution in [1.82, 2.24) is 10.3 Å². The van der Waals surface area contributed by atoms with Gasteiger partial charge >= 0.3 is 0 Å². The van der Waals surface area contributed by atoms with Gasteiger partial charge in [0.15, 0.2) is 0 Å². The highest BCUT2D eigenvalue weighted by Crippen LogP contribution is 2.28. The first-order valence-corrected chi connectivity index (χ1v) is 7.83. The van der Waals surface area contributed by atoms with Crippen molar-refractivity contribution in [3.63, 3.8) is 0 Å². The quantitative estimate of drug-likeness (QED) is 0.791. The van der Waals surface area contributed by atoms with Crippen molar-refractivity contribution in [1.29, 1.82) is 0 Å². The molecular weight excluding hydrogens is 287 g/mol. The van der Waals surface area contributed by atoms with Crippen LogP contribution < -0.4 is 10.1 Å². The molecule has 112 valence electrons. The first-order chi connectivity index (χ1) is 10.2. The Hall–Kier alpha value is -1.59. The fraction of sp³-hybridized carbons (Fsp3) is 0.312. The van der Waals surface area contributed by atoms with Gasteiger partial charge in [-0.3, -0.25) is 4.98 Å². The Morgan fingerprint density at radius 1 is 1.33 bits per heavy atom. The van der Waals surface area contributed by atoms with Crippen LogP contribution in [0, 0.1) is 5.82 Å². The van der Waals surface area contributed by atoms with E-state index in [9.17, 15) is 4.39 Å². The molecule has 1 atom stereocenters. The number of nitrogens with zero attached hydrogens (tertiary/aromatic N) is 1. The fourth-order valence-corrected chi connectivity index (χ4v) is 3.06. The third kappa shape index (κ3) is 4.44. The Balaban J connectivity index is 2.12. The smallest absolute Gasteiger partial charge is 0.142 e. The monoisotopic (exact) mass is 306 g/mol. The lowest BCUT2D eigenvalue weighted by molar-refractivity contribution is 0.398. The van der Waals surface area contributed by atoms with E-state index in [1.807, 2.05) is 18.2 Å². The maximum atomic E-state index is 13.2. The maximum absolute atomic E-state index is 13.2. The average Bonchev–Trinajstić information content (AvgIpc) is 2.51. The zero-order valence-corrected chi connectivity index (χ0v) is 13.0. The highest BCUT2D eigenvalue weighted by atomic mass is 32.2. The Morgan fingerprint density at radius 2 is 2.19 bits per heavy atom. The number of hydrogen-bond acceptors (Lipinski definition) is 4. The van der Waals surface area contributed by atoms with Gasteiger partial charge in [0, 0.05) is 16.8 Å². The van der Waals surface area contributed by atoms with Crippen molar-refractivity contribution in [3.05, 3.63) is 54.1 Å². The Labute approximate surface area is 128 Å². The number of halogens is 1. The molecule has 5 heteroatoms. The number of nitrogens with one attached hydrogen (secondary N) is 1. The molecular formula is C16H19FN2OS. The summed E-state index contributed by atoms with van der Waals surface area (Å²) in [6, 6.07) is 10.4. The van der Waals surface area contributed by atoms with E-state index in [4.69, 9.17) is 4.74 Å². The van der Waals surface area contributed by atoms with Crippen LogP contribution in [-0.4, -0.2) is 24.4 Å². The lowest BCUT2D eigenvalue weighted by Gasteiger charge is -2.19. The Morgan fingerprint density at radius 3 is 2.90 bits per heavy atom. The highest BCUT2D eigenvalue weighted by Gasteiger charge is 2.17. The SMILES string of the molecule is CCNC(CSc1cccc(F)c1)c1ncccc1OC. The minimum Gasteiger partial charge on any atom is -0.495 e. The zero-order valence-electron chi connectivity index (χ0n) is 12.2. The van der Waals surface area contributed by atoms with Gasteiger partial charge < -0.3 is 10.1 Å². The molecule has 1 N–H and O–H groups in total. The van der Waals surface area contributed by atoms with Gasteiger partial charge in [0.25, 0.3) is 0 Å². The summed E-state index contributed by atoms with van der Waals surface area (Å²) < 4.78 is 18.6. The van der Waals surface area contributed by atoms with Crippen LogP contribution in [0.4, 0.5) is 4.39 Å². The summed E-state index contributed by atoms with van der Waals surface area (Å²) in [5.41, 5.74) is 0.880. The van der Waals surface area contributed by atoms with Crippen molar-refractivity contribution in [2.75, 3.05) is 19.4 Å². The minimum absolute atomic E-state index is 0.0550. The molecule has 0 saturated carbocycles. The maximum Gasteiger partial charge on any atom is 0.142 e. The molecule has 0 aliphatic rings. The summed E-state index contributed by atoms with van der Waals surface area (Å²) in [6.07, 6.45) is 1.76. The lowest BCUT2D eigenvalue weighted by atomic mass is 10.2. The number of rotatable bonds is 7. The fourth-order valence-electron chi connectivity index (χ4n) is 2.05. The zero-order chi connectivity index (χ0) is 15.1. The van der Waals surface area contributed by atoms with E-state index in [0.29, 0.717) is 0 Å². The van der Waals surface area contributed by atoms with E-state index >= 15 is 0 Å². The third-order valence-corrected chi connectivity index (χ3v) is 4.10. The van der Waals surface area contributed by atoms with Crippen LogP contribution in [0.5, 0.6) is 5.75 Å². The van der Waals surface area contributed by atoms with Crippen LogP contribution in [0.3, 0.4) is 0 Å². The molecule has 1 unspecified atom stereocenters. The van der Waals surface area contributed by atoms with Crippen LogP contribution in [-0.2, 0) is 0 Å². The largest absolute Gasteiger partial charge is 0.495 e. The van der Waals surface area contributed by atoms with Gasteiger partial charge in [-0.15, -0.1) is 11.8 Å². The molecule has 2 rings (SSSR count). The van der Waals surface area contributed by atoms with Gasteiger partial charge in [-0.2, -0.15) is 0 Å². The molecule has 0 aliphatic heterocycles.